The Hall–Kier alpha value is -8.08. The van der Waals surface area contributed by atoms with Crippen LogP contribution < -0.4 is 25.3 Å². The zero-order valence-corrected chi connectivity index (χ0v) is 41.9. The minimum absolute atomic E-state index is 0.231. The summed E-state index contributed by atoms with van der Waals surface area (Å²) in [5.41, 5.74) is 0.711. The molecule has 1 amide bonds. The average Bonchev–Trinajstić information content (AvgIpc) is 3.74. The van der Waals surface area contributed by atoms with Gasteiger partial charge in [-0.15, -0.1) is 10.2 Å². The van der Waals surface area contributed by atoms with Crippen LogP contribution in [0.3, 0.4) is 0 Å². The molecule has 0 radical (unpaired) electrons. The van der Waals surface area contributed by atoms with Gasteiger partial charge in [0.2, 0.25) is 6.04 Å². The number of carbonyl (C=O) groups is 2. The fraction of sp³-hybridized carbons (Fsp3) is 0.125. The number of hydrazone groups is 1. The van der Waals surface area contributed by atoms with E-state index in [1.807, 2.05) is 0 Å². The summed E-state index contributed by atoms with van der Waals surface area (Å²) in [4.78, 5) is 20.4. The lowest BCUT2D eigenvalue weighted by Crippen LogP contribution is -2.33. The van der Waals surface area contributed by atoms with Gasteiger partial charge < -0.3 is 35.0 Å². The fourth-order valence-electron chi connectivity index (χ4n) is 7.20. The zero-order chi connectivity index (χ0) is 56.7. The number of nitrogens with one attached hydrogen (secondary N) is 2. The number of hydrazine groups is 1. The van der Waals surface area contributed by atoms with Crippen molar-refractivity contribution >= 4 is 124 Å². The molecule has 408 valence electrons. The molecule has 1 unspecified atom stereocenters. The number of ether oxygens (including phenoxy) is 2. The molecule has 77 heavy (non-hydrogen) atoms. The minimum Gasteiger partial charge on any atom is -0.507 e. The fourth-order valence-corrected chi connectivity index (χ4v) is 10.4. The number of aliphatic carboxylic acids is 1. The molecular weight excluding hydrogens is 1140 g/mol. The number of phenols is 2. The summed E-state index contributed by atoms with van der Waals surface area (Å²) in [6.45, 7) is -2.21. The number of aliphatic hydroxyl groups excluding tert-OH is 2. The van der Waals surface area contributed by atoms with Crippen LogP contribution in [-0.2, 0) is 60.2 Å². The van der Waals surface area contributed by atoms with Gasteiger partial charge in [0.1, 0.15) is 68.0 Å². The molecule has 1 aliphatic rings. The summed E-state index contributed by atoms with van der Waals surface area (Å²) in [5.74, 6) is -5.85. The first-order valence-electron chi connectivity index (χ1n) is 20.6. The van der Waals surface area contributed by atoms with E-state index in [1.54, 1.807) is 0 Å². The number of fused-ring (bicyclic) bond motifs is 2. The van der Waals surface area contributed by atoms with Gasteiger partial charge in [-0.05, 0) is 60.7 Å². The van der Waals surface area contributed by atoms with Gasteiger partial charge in [0, 0.05) is 34.4 Å². The van der Waals surface area contributed by atoms with Crippen molar-refractivity contribution < 1.29 is 109 Å². The third-order valence-corrected chi connectivity index (χ3v) is 14.9. The largest absolute Gasteiger partial charge is 0.507 e. The highest BCUT2D eigenvalue weighted by atomic mass is 32.2. The Bertz CT molecular complexity index is 4140. The predicted molar refractivity (Wildman–Crippen MR) is 261 cm³/mol. The van der Waals surface area contributed by atoms with Crippen LogP contribution in [0.25, 0.3) is 21.5 Å². The van der Waals surface area contributed by atoms with Crippen molar-refractivity contribution in [3.05, 3.63) is 78.9 Å². The Morgan fingerprint density at radius 2 is 1.21 bits per heavy atom. The number of anilines is 3. The molecule has 0 saturated carbocycles. The highest BCUT2D eigenvalue weighted by Crippen LogP contribution is 2.46. The third-order valence-electron chi connectivity index (χ3n) is 10.4. The van der Waals surface area contributed by atoms with Gasteiger partial charge in [-0.25, -0.2) is 4.79 Å². The molecule has 1 heterocycles. The summed E-state index contributed by atoms with van der Waals surface area (Å²) in [7, 11) is -26.0. The van der Waals surface area contributed by atoms with E-state index >= 15 is 0 Å². The number of nitrogens with zero attached hydrogens (tertiary/aromatic N) is 6. The summed E-state index contributed by atoms with van der Waals surface area (Å²) in [5, 5.41) is 68.2. The summed E-state index contributed by atoms with van der Waals surface area (Å²) < 4.78 is 184. The Kier molecular flexibility index (Phi) is 15.6. The van der Waals surface area contributed by atoms with E-state index in [4.69, 9.17) is 9.47 Å². The van der Waals surface area contributed by atoms with Gasteiger partial charge in [-0.1, -0.05) is 0 Å². The molecule has 37 heteroatoms. The number of carboxylic acid groups (broad SMARTS) is 1. The number of rotatable bonds is 20. The van der Waals surface area contributed by atoms with Crippen molar-refractivity contribution in [3.63, 3.8) is 0 Å². The van der Waals surface area contributed by atoms with Crippen LogP contribution in [0.2, 0.25) is 0 Å². The van der Waals surface area contributed by atoms with E-state index in [2.05, 4.69) is 36.4 Å². The van der Waals surface area contributed by atoms with Gasteiger partial charge in [0.25, 0.3) is 56.5 Å². The highest BCUT2D eigenvalue weighted by molar-refractivity contribution is 7.87. The molecule has 0 aromatic heterocycles. The second-order valence-electron chi connectivity index (χ2n) is 15.4. The van der Waals surface area contributed by atoms with E-state index in [1.165, 1.54) is 0 Å². The maximum atomic E-state index is 13.4. The van der Waals surface area contributed by atoms with Gasteiger partial charge in [-0.2, -0.15) is 62.4 Å². The lowest BCUT2D eigenvalue weighted by atomic mass is 10.1. The number of phenolic OH excluding ortho intramolecular Hbond substituents is 2. The van der Waals surface area contributed by atoms with Crippen molar-refractivity contribution in [2.24, 2.45) is 25.6 Å². The molecule has 1 atom stereocenters. The quantitative estimate of drug-likeness (QED) is 0.0226. The van der Waals surface area contributed by atoms with Crippen LogP contribution in [0.4, 0.5) is 34.1 Å². The SMILES string of the molecule is O=C(O)C1=NN(c2ccc(S(=O)(=O)O)cc2)C(=O)C1N=Nc1ccc2c(O)c(NNc3cc(OCCO)c(N=Nc4ccc(S(=O)(=O)O)c5cc(S(=O)(=O)O)cc(O)c45)cc3OCCO)c(S(=O)(=O)O)cc2c1S(=O)(=O)O. The molecule has 0 saturated heterocycles. The highest BCUT2D eigenvalue weighted by Gasteiger charge is 2.41. The first kappa shape index (κ1) is 56.6. The van der Waals surface area contributed by atoms with Crippen molar-refractivity contribution in [2.75, 3.05) is 42.3 Å². The van der Waals surface area contributed by atoms with Gasteiger partial charge >= 0.3 is 5.97 Å². The van der Waals surface area contributed by atoms with E-state index in [-0.39, 0.29) is 34.2 Å². The summed E-state index contributed by atoms with van der Waals surface area (Å²) >= 11 is 0. The third kappa shape index (κ3) is 12.0. The van der Waals surface area contributed by atoms with Crippen LogP contribution in [0.1, 0.15) is 0 Å². The molecule has 0 aliphatic carbocycles. The Balaban J connectivity index is 1.29. The second-order valence-corrected chi connectivity index (χ2v) is 22.4. The standard InChI is InChI=1S/C40H34N8O24S5/c49-9-11-71-29-17-27(30(72-12-10-50)16-26(29)43-41-24-7-8-31(75(62,63)64)23-13-20(74(59,60)61)14-28(51)33(23)24)44-45-34-32(76(65,66)67)15-22-21(37(34)52)5-6-25(38(22)77(68,69)70)42-46-35-36(40(54)55)47-48(39(35)53)18-1-3-19(4-2-18)73(56,57)58/h1-8,13-17,35,44-45,49-52H,9-12H2,(H,54,55)(H,56,57,58)(H,59,60,61)(H,62,63,64)(H,65,66,67)(H,68,69,70). The number of carboxylic acids is 1. The normalized spacial score (nSPS) is 14.7. The molecule has 1 aliphatic heterocycles. The molecule has 6 aromatic rings. The molecular formula is C40H34N8O24S5. The van der Waals surface area contributed by atoms with Crippen LogP contribution in [0.15, 0.2) is 129 Å². The van der Waals surface area contributed by atoms with E-state index in [0.29, 0.717) is 23.2 Å². The lowest BCUT2D eigenvalue weighted by Gasteiger charge is -2.20. The predicted octanol–water partition coefficient (Wildman–Crippen LogP) is 3.17. The maximum absolute atomic E-state index is 13.4. The monoisotopic (exact) mass is 1170 g/mol. The van der Waals surface area contributed by atoms with Crippen LogP contribution >= 0.6 is 0 Å². The topological polar surface area (TPSA) is 515 Å². The minimum atomic E-state index is -5.60. The number of benzene rings is 6. The van der Waals surface area contributed by atoms with E-state index in [0.717, 1.165) is 60.7 Å². The number of aromatic hydroxyl groups is 2. The number of carbonyl (C=O) groups excluding carboxylic acids is 1. The summed E-state index contributed by atoms with van der Waals surface area (Å²) in [6, 6.07) is 8.55. The smallest absolute Gasteiger partial charge is 0.355 e. The average molecular weight is 1170 g/mol. The van der Waals surface area contributed by atoms with Crippen LogP contribution in [0, 0.1) is 0 Å². The molecule has 0 bridgehead atoms. The number of aliphatic hydroxyl groups is 2. The van der Waals surface area contributed by atoms with Crippen LogP contribution in [0.5, 0.6) is 23.0 Å². The number of hydrogen-bond donors (Lipinski definition) is 12. The molecule has 7 rings (SSSR count). The van der Waals surface area contributed by atoms with E-state index in [9.17, 15) is 100.0 Å². The van der Waals surface area contributed by atoms with Gasteiger partial charge in [-0.3, -0.25) is 38.4 Å². The van der Waals surface area contributed by atoms with Gasteiger partial charge in [0.15, 0.2) is 5.71 Å². The Labute approximate surface area is 431 Å². The van der Waals surface area contributed by atoms with Crippen molar-refractivity contribution in [1.82, 2.24) is 0 Å². The van der Waals surface area contributed by atoms with Crippen molar-refractivity contribution in [3.8, 4) is 23.0 Å². The second kappa shape index (κ2) is 21.2. The molecule has 6 aromatic carbocycles. The number of amides is 1. The number of hydrogen-bond acceptors (Lipinski definition) is 25. The van der Waals surface area contributed by atoms with Crippen LogP contribution in [-0.4, -0.2) is 140 Å². The first-order chi connectivity index (χ1) is 35.8. The molecule has 12 N–H and O–H groups in total. The van der Waals surface area contributed by atoms with E-state index < -0.39 is 170 Å². The Morgan fingerprint density at radius 1 is 0.610 bits per heavy atom. The summed E-state index contributed by atoms with van der Waals surface area (Å²) in [6.07, 6.45) is 0. The lowest BCUT2D eigenvalue weighted by molar-refractivity contribution is -0.130. The number of azo groups is 2. The zero-order valence-electron chi connectivity index (χ0n) is 37.8. The molecule has 32 nitrogen and oxygen atoms in total. The maximum Gasteiger partial charge on any atom is 0.355 e. The first-order valence-corrected chi connectivity index (χ1v) is 27.8. The molecule has 0 spiro atoms. The van der Waals surface area contributed by atoms with Crippen molar-refractivity contribution in [2.45, 2.75) is 30.5 Å². The van der Waals surface area contributed by atoms with Gasteiger partial charge in [0.05, 0.1) is 45.5 Å². The Morgan fingerprint density at radius 3 is 1.78 bits per heavy atom. The van der Waals surface area contributed by atoms with Crippen molar-refractivity contribution in [1.29, 1.82) is 0 Å². The molecule has 0 fully saturated rings.